The normalized spacial score (nSPS) is 25.8. The van der Waals surface area contributed by atoms with Gasteiger partial charge in [0.05, 0.1) is 13.0 Å². The third kappa shape index (κ3) is 3.76. The molecule has 1 rings (SSSR count). The molecule has 1 saturated heterocycles. The van der Waals surface area contributed by atoms with Crippen molar-refractivity contribution in [3.05, 3.63) is 0 Å². The molecular weight excluding hydrogens is 204 g/mol. The van der Waals surface area contributed by atoms with E-state index in [1.807, 2.05) is 11.8 Å². The summed E-state index contributed by atoms with van der Waals surface area (Å²) in [5.41, 5.74) is 5.67. The largest absolute Gasteiger partial charge is 0.381 e. The van der Waals surface area contributed by atoms with E-state index in [1.165, 1.54) is 0 Å². The molecule has 0 bridgehead atoms. The van der Waals surface area contributed by atoms with E-state index in [0.29, 0.717) is 38.1 Å². The van der Waals surface area contributed by atoms with Crippen LogP contribution in [0.5, 0.6) is 0 Å². The Morgan fingerprint density at radius 2 is 2.25 bits per heavy atom. The molecule has 0 aromatic rings. The Bertz CT molecular complexity index is 221. The molecule has 2 atom stereocenters. The predicted octanol–water partition coefficient (Wildman–Crippen LogP) is 0.999. The Balaban J connectivity index is 2.39. The minimum atomic E-state index is 0.208. The quantitative estimate of drug-likeness (QED) is 0.714. The van der Waals surface area contributed by atoms with Crippen molar-refractivity contribution in [1.82, 2.24) is 4.90 Å². The number of carbonyl (C=O) groups excluding carboxylic acids is 1. The monoisotopic (exact) mass is 228 g/mol. The first kappa shape index (κ1) is 13.5. The second kappa shape index (κ2) is 6.86. The number of piperidine rings is 1. The number of ether oxygens (including phenoxy) is 1. The van der Waals surface area contributed by atoms with E-state index in [0.717, 1.165) is 19.4 Å². The SMILES string of the molecule is CCOCCC(=O)N1CC(CN)CCC1C. The summed E-state index contributed by atoms with van der Waals surface area (Å²) in [5.74, 6) is 0.686. The van der Waals surface area contributed by atoms with Crippen molar-refractivity contribution in [1.29, 1.82) is 0 Å². The van der Waals surface area contributed by atoms with Crippen LogP contribution in [0.15, 0.2) is 0 Å². The molecule has 1 heterocycles. The molecule has 0 saturated carbocycles. The molecule has 0 aromatic carbocycles. The maximum Gasteiger partial charge on any atom is 0.225 e. The molecule has 0 spiro atoms. The summed E-state index contributed by atoms with van der Waals surface area (Å²) in [7, 11) is 0. The third-order valence-corrected chi connectivity index (χ3v) is 3.30. The van der Waals surface area contributed by atoms with Crippen molar-refractivity contribution in [2.24, 2.45) is 11.7 Å². The zero-order valence-electron chi connectivity index (χ0n) is 10.4. The van der Waals surface area contributed by atoms with Crippen molar-refractivity contribution in [2.75, 3.05) is 26.3 Å². The van der Waals surface area contributed by atoms with E-state index in [-0.39, 0.29) is 5.91 Å². The van der Waals surface area contributed by atoms with Crippen molar-refractivity contribution in [3.63, 3.8) is 0 Å². The summed E-state index contributed by atoms with van der Waals surface area (Å²) >= 11 is 0. The molecular formula is C12H24N2O2. The summed E-state index contributed by atoms with van der Waals surface area (Å²) in [6.07, 6.45) is 2.71. The van der Waals surface area contributed by atoms with Crippen LogP contribution in [0.3, 0.4) is 0 Å². The molecule has 0 radical (unpaired) electrons. The highest BCUT2D eigenvalue weighted by Crippen LogP contribution is 2.21. The van der Waals surface area contributed by atoms with E-state index in [1.54, 1.807) is 0 Å². The van der Waals surface area contributed by atoms with Crippen LogP contribution in [0, 0.1) is 5.92 Å². The van der Waals surface area contributed by atoms with Gasteiger partial charge in [-0.25, -0.2) is 0 Å². The van der Waals surface area contributed by atoms with Crippen LogP contribution in [0.4, 0.5) is 0 Å². The third-order valence-electron chi connectivity index (χ3n) is 3.30. The van der Waals surface area contributed by atoms with Crippen molar-refractivity contribution in [3.8, 4) is 0 Å². The zero-order chi connectivity index (χ0) is 12.0. The van der Waals surface area contributed by atoms with Gasteiger partial charge in [0, 0.05) is 19.2 Å². The van der Waals surface area contributed by atoms with Gasteiger partial charge < -0.3 is 15.4 Å². The summed E-state index contributed by atoms with van der Waals surface area (Å²) in [5, 5.41) is 0. The Morgan fingerprint density at radius 1 is 1.50 bits per heavy atom. The first-order chi connectivity index (χ1) is 7.69. The molecule has 1 amide bonds. The maximum absolute atomic E-state index is 11.9. The summed E-state index contributed by atoms with van der Waals surface area (Å²) in [4.78, 5) is 13.9. The fourth-order valence-electron chi connectivity index (χ4n) is 2.17. The van der Waals surface area contributed by atoms with Gasteiger partial charge in [-0.3, -0.25) is 4.79 Å². The molecule has 1 fully saturated rings. The average Bonchev–Trinajstić information content (AvgIpc) is 2.30. The van der Waals surface area contributed by atoms with E-state index >= 15 is 0 Å². The smallest absolute Gasteiger partial charge is 0.225 e. The molecule has 4 nitrogen and oxygen atoms in total. The minimum absolute atomic E-state index is 0.208. The molecule has 1 aliphatic heterocycles. The van der Waals surface area contributed by atoms with Crippen LogP contribution in [-0.2, 0) is 9.53 Å². The molecule has 2 N–H and O–H groups in total. The van der Waals surface area contributed by atoms with Gasteiger partial charge in [0.25, 0.3) is 0 Å². The highest BCUT2D eigenvalue weighted by molar-refractivity contribution is 5.76. The number of hydrogen-bond acceptors (Lipinski definition) is 3. The average molecular weight is 228 g/mol. The second-order valence-electron chi connectivity index (χ2n) is 4.52. The van der Waals surface area contributed by atoms with Crippen LogP contribution in [-0.4, -0.2) is 43.2 Å². The number of carbonyl (C=O) groups is 1. The maximum atomic E-state index is 11.9. The van der Waals surface area contributed by atoms with Crippen molar-refractivity contribution >= 4 is 5.91 Å². The lowest BCUT2D eigenvalue weighted by Crippen LogP contribution is -2.47. The van der Waals surface area contributed by atoms with Crippen LogP contribution < -0.4 is 5.73 Å². The minimum Gasteiger partial charge on any atom is -0.381 e. The Hall–Kier alpha value is -0.610. The highest BCUT2D eigenvalue weighted by Gasteiger charge is 2.27. The predicted molar refractivity (Wildman–Crippen MR) is 64.1 cm³/mol. The lowest BCUT2D eigenvalue weighted by molar-refractivity contribution is -0.136. The number of amides is 1. The first-order valence-corrected chi connectivity index (χ1v) is 6.26. The number of likely N-dealkylation sites (tertiary alicyclic amines) is 1. The summed E-state index contributed by atoms with van der Waals surface area (Å²) in [6, 6.07) is 0.358. The van der Waals surface area contributed by atoms with Gasteiger partial charge in [-0.05, 0) is 39.2 Å². The van der Waals surface area contributed by atoms with E-state index < -0.39 is 0 Å². The lowest BCUT2D eigenvalue weighted by atomic mass is 9.93. The molecule has 0 aromatic heterocycles. The standard InChI is InChI=1S/C12H24N2O2/c1-3-16-7-6-12(15)14-9-11(8-13)5-4-10(14)2/h10-11H,3-9,13H2,1-2H3. The van der Waals surface area contributed by atoms with Crippen LogP contribution in [0.1, 0.15) is 33.1 Å². The van der Waals surface area contributed by atoms with Crippen LogP contribution in [0.25, 0.3) is 0 Å². The number of nitrogens with zero attached hydrogens (tertiary/aromatic N) is 1. The van der Waals surface area contributed by atoms with E-state index in [9.17, 15) is 4.79 Å². The number of hydrogen-bond donors (Lipinski definition) is 1. The van der Waals surface area contributed by atoms with E-state index in [2.05, 4.69) is 6.92 Å². The molecule has 16 heavy (non-hydrogen) atoms. The fraction of sp³-hybridized carbons (Fsp3) is 0.917. The fourth-order valence-corrected chi connectivity index (χ4v) is 2.17. The van der Waals surface area contributed by atoms with Crippen LogP contribution >= 0.6 is 0 Å². The Morgan fingerprint density at radius 3 is 2.88 bits per heavy atom. The Labute approximate surface area is 98.1 Å². The molecule has 0 aliphatic carbocycles. The lowest BCUT2D eigenvalue weighted by Gasteiger charge is -2.37. The van der Waals surface area contributed by atoms with Crippen molar-refractivity contribution < 1.29 is 9.53 Å². The molecule has 2 unspecified atom stereocenters. The van der Waals surface area contributed by atoms with Gasteiger partial charge in [-0.2, -0.15) is 0 Å². The van der Waals surface area contributed by atoms with Crippen molar-refractivity contribution in [2.45, 2.75) is 39.2 Å². The van der Waals surface area contributed by atoms with Gasteiger partial charge in [-0.1, -0.05) is 0 Å². The zero-order valence-corrected chi connectivity index (χ0v) is 10.4. The highest BCUT2D eigenvalue weighted by atomic mass is 16.5. The van der Waals surface area contributed by atoms with E-state index in [4.69, 9.17) is 10.5 Å². The van der Waals surface area contributed by atoms with Gasteiger partial charge in [0.2, 0.25) is 5.91 Å². The summed E-state index contributed by atoms with van der Waals surface area (Å²) < 4.78 is 5.21. The first-order valence-electron chi connectivity index (χ1n) is 6.26. The second-order valence-corrected chi connectivity index (χ2v) is 4.52. The Kier molecular flexibility index (Phi) is 5.77. The molecule has 1 aliphatic rings. The number of rotatable bonds is 5. The van der Waals surface area contributed by atoms with Gasteiger partial charge in [0.15, 0.2) is 0 Å². The summed E-state index contributed by atoms with van der Waals surface area (Å²) in [6.45, 7) is 6.77. The van der Waals surface area contributed by atoms with Gasteiger partial charge in [-0.15, -0.1) is 0 Å². The topological polar surface area (TPSA) is 55.6 Å². The van der Waals surface area contributed by atoms with Gasteiger partial charge in [0.1, 0.15) is 0 Å². The molecule has 4 heteroatoms. The van der Waals surface area contributed by atoms with Crippen LogP contribution in [0.2, 0.25) is 0 Å². The number of nitrogens with two attached hydrogens (primary N) is 1. The van der Waals surface area contributed by atoms with Gasteiger partial charge >= 0.3 is 0 Å². The molecule has 94 valence electrons.